The number of rotatable bonds is 9. The fourth-order valence-electron chi connectivity index (χ4n) is 4.61. The first kappa shape index (κ1) is 24.9. The molecule has 7 nitrogen and oxygen atoms in total. The molecule has 1 atom stereocenters. The van der Waals surface area contributed by atoms with Crippen molar-refractivity contribution in [1.82, 2.24) is 9.80 Å². The van der Waals surface area contributed by atoms with Gasteiger partial charge in [-0.05, 0) is 31.5 Å². The van der Waals surface area contributed by atoms with Gasteiger partial charge in [-0.25, -0.2) is 4.39 Å². The topological polar surface area (TPSA) is 82.1 Å². The maximum atomic E-state index is 13.7. The van der Waals surface area contributed by atoms with E-state index in [0.717, 1.165) is 5.56 Å². The molecule has 0 fully saturated rings. The largest absolute Gasteiger partial charge is 0.505 e. The number of anilines is 1. The molecule has 9 heteroatoms. The van der Waals surface area contributed by atoms with E-state index in [1.165, 1.54) is 23.9 Å². The predicted octanol–water partition coefficient (Wildman–Crippen LogP) is 4.62. The smallest absolute Gasteiger partial charge is 0.259 e. The molecular formula is C26H30FN3O4S. The zero-order valence-electron chi connectivity index (χ0n) is 20.1. The minimum Gasteiger partial charge on any atom is -0.505 e. The van der Waals surface area contributed by atoms with Crippen molar-refractivity contribution >= 4 is 35.3 Å². The quantitative estimate of drug-likeness (QED) is 0.490. The molecule has 4 rings (SSSR count). The van der Waals surface area contributed by atoms with Crippen molar-refractivity contribution in [2.24, 2.45) is 0 Å². The molecule has 0 spiro atoms. The highest BCUT2D eigenvalue weighted by atomic mass is 32.2. The fraction of sp³-hybridized carbons (Fsp3) is 0.385. The van der Waals surface area contributed by atoms with E-state index >= 15 is 0 Å². The molecule has 1 unspecified atom stereocenters. The number of benzene rings is 2. The molecule has 2 aliphatic heterocycles. The van der Waals surface area contributed by atoms with E-state index in [2.05, 4.69) is 5.32 Å². The zero-order valence-corrected chi connectivity index (χ0v) is 21.0. The second-order valence-electron chi connectivity index (χ2n) is 8.34. The van der Waals surface area contributed by atoms with Gasteiger partial charge in [0.25, 0.3) is 5.91 Å². The molecule has 0 aromatic heterocycles. The van der Waals surface area contributed by atoms with Crippen LogP contribution in [0, 0.1) is 5.82 Å². The molecule has 0 saturated carbocycles. The number of halogens is 1. The van der Waals surface area contributed by atoms with E-state index in [1.807, 2.05) is 26.0 Å². The number of phenolic OH excluding ortho intramolecular Hbond substituents is 1. The van der Waals surface area contributed by atoms with Crippen LogP contribution in [0.25, 0.3) is 6.08 Å². The van der Waals surface area contributed by atoms with Crippen molar-refractivity contribution in [3.63, 3.8) is 0 Å². The van der Waals surface area contributed by atoms with Gasteiger partial charge in [-0.1, -0.05) is 24.3 Å². The summed E-state index contributed by atoms with van der Waals surface area (Å²) in [5.74, 6) is 0.295. The maximum absolute atomic E-state index is 13.7. The Morgan fingerprint density at radius 3 is 2.66 bits per heavy atom. The molecule has 2 amide bonds. The van der Waals surface area contributed by atoms with Crippen molar-refractivity contribution < 1.29 is 23.8 Å². The minimum absolute atomic E-state index is 0.0597. The summed E-state index contributed by atoms with van der Waals surface area (Å²) in [6, 6.07) is 6.01. The van der Waals surface area contributed by atoms with Crippen LogP contribution in [-0.4, -0.2) is 59.2 Å². The van der Waals surface area contributed by atoms with Crippen LogP contribution in [0.4, 0.5) is 10.1 Å². The van der Waals surface area contributed by atoms with Crippen LogP contribution in [-0.2, 0) is 11.3 Å². The molecule has 35 heavy (non-hydrogen) atoms. The summed E-state index contributed by atoms with van der Waals surface area (Å²) in [5.41, 5.74) is 2.73. The number of carbonyl (C=O) groups excluding carboxylic acids is 2. The van der Waals surface area contributed by atoms with Crippen molar-refractivity contribution in [3.05, 3.63) is 58.4 Å². The van der Waals surface area contributed by atoms with E-state index in [4.69, 9.17) is 4.74 Å². The van der Waals surface area contributed by atoms with E-state index in [0.29, 0.717) is 54.4 Å². The fourth-order valence-corrected chi connectivity index (χ4v) is 5.87. The number of nitrogens with zero attached hydrogens (tertiary/aromatic N) is 2. The summed E-state index contributed by atoms with van der Waals surface area (Å²) in [4.78, 5) is 29.7. The Labute approximate surface area is 208 Å². The lowest BCUT2D eigenvalue weighted by atomic mass is 9.98. The summed E-state index contributed by atoms with van der Waals surface area (Å²) in [5, 5.41) is 13.8. The number of hydrogen-bond acceptors (Lipinski definition) is 6. The number of hydrogen-bond donors (Lipinski definition) is 2. The normalized spacial score (nSPS) is 16.1. The van der Waals surface area contributed by atoms with E-state index in [1.54, 1.807) is 29.0 Å². The molecule has 2 aromatic carbocycles. The lowest BCUT2D eigenvalue weighted by Crippen LogP contribution is -2.31. The molecule has 2 aromatic rings. The molecule has 186 valence electrons. The second-order valence-corrected chi connectivity index (χ2v) is 9.53. The lowest BCUT2D eigenvalue weighted by molar-refractivity contribution is -0.130. The Morgan fingerprint density at radius 2 is 2.00 bits per heavy atom. The van der Waals surface area contributed by atoms with E-state index in [-0.39, 0.29) is 35.5 Å². The van der Waals surface area contributed by atoms with Crippen LogP contribution >= 0.6 is 11.8 Å². The van der Waals surface area contributed by atoms with Gasteiger partial charge in [0.1, 0.15) is 16.9 Å². The molecule has 2 heterocycles. The average molecular weight is 500 g/mol. The first-order valence-electron chi connectivity index (χ1n) is 11.7. The standard InChI is InChI=1S/C26H30FN3O4S/c1-4-29(5-2)19(31)12-14-35-26-21-20(23(32)22-18(24(21)34-3)7-6-13-28-22)25(33)30(26)15-16-8-10-17(27)11-9-16/h6-11,26,28,32H,4-5,12-15H2,1-3H3. The average Bonchev–Trinajstić information content (AvgIpc) is 3.13. The van der Waals surface area contributed by atoms with Crippen LogP contribution in [0.1, 0.15) is 52.7 Å². The molecule has 2 aliphatic rings. The van der Waals surface area contributed by atoms with Crippen molar-refractivity contribution in [3.8, 4) is 11.5 Å². The number of methoxy groups -OCH3 is 1. The molecule has 0 radical (unpaired) electrons. The third-order valence-electron chi connectivity index (χ3n) is 6.37. The van der Waals surface area contributed by atoms with Crippen LogP contribution in [0.2, 0.25) is 0 Å². The highest BCUT2D eigenvalue weighted by Gasteiger charge is 2.44. The van der Waals surface area contributed by atoms with Crippen LogP contribution < -0.4 is 10.1 Å². The monoisotopic (exact) mass is 499 g/mol. The van der Waals surface area contributed by atoms with Gasteiger partial charge in [0.05, 0.1) is 18.4 Å². The van der Waals surface area contributed by atoms with Gasteiger partial charge in [0.2, 0.25) is 5.91 Å². The molecule has 0 bridgehead atoms. The van der Waals surface area contributed by atoms with Crippen molar-refractivity contribution in [2.45, 2.75) is 32.2 Å². The van der Waals surface area contributed by atoms with Gasteiger partial charge in [-0.3, -0.25) is 9.59 Å². The van der Waals surface area contributed by atoms with Gasteiger partial charge in [-0.2, -0.15) is 0 Å². The Morgan fingerprint density at radius 1 is 1.29 bits per heavy atom. The van der Waals surface area contributed by atoms with E-state index in [9.17, 15) is 19.1 Å². The van der Waals surface area contributed by atoms with Crippen LogP contribution in [0.5, 0.6) is 11.5 Å². The summed E-state index contributed by atoms with van der Waals surface area (Å²) >= 11 is 1.46. The second kappa shape index (κ2) is 10.6. The number of fused-ring (bicyclic) bond motifs is 2. The van der Waals surface area contributed by atoms with Gasteiger partial charge >= 0.3 is 0 Å². The minimum atomic E-state index is -0.478. The Kier molecular flexibility index (Phi) is 7.54. The third-order valence-corrected chi connectivity index (χ3v) is 7.61. The number of carbonyl (C=O) groups is 2. The molecule has 2 N–H and O–H groups in total. The first-order chi connectivity index (χ1) is 16.9. The van der Waals surface area contributed by atoms with Crippen molar-refractivity contribution in [2.75, 3.05) is 37.8 Å². The van der Waals surface area contributed by atoms with Crippen LogP contribution in [0.15, 0.2) is 30.3 Å². The first-order valence-corrected chi connectivity index (χ1v) is 12.8. The predicted molar refractivity (Wildman–Crippen MR) is 136 cm³/mol. The number of ether oxygens (including phenoxy) is 1. The van der Waals surface area contributed by atoms with Gasteiger partial charge in [0, 0.05) is 49.5 Å². The molecule has 0 saturated heterocycles. The number of nitrogens with one attached hydrogen (secondary N) is 1. The number of phenols is 1. The lowest BCUT2D eigenvalue weighted by Gasteiger charge is -2.27. The summed E-state index contributed by atoms with van der Waals surface area (Å²) in [6.07, 6.45) is 4.13. The van der Waals surface area contributed by atoms with Gasteiger partial charge in [-0.15, -0.1) is 11.8 Å². The highest BCUT2D eigenvalue weighted by molar-refractivity contribution is 7.99. The van der Waals surface area contributed by atoms with Crippen LogP contribution in [0.3, 0.4) is 0 Å². The Hall–Kier alpha value is -3.20. The summed E-state index contributed by atoms with van der Waals surface area (Å²) < 4.78 is 19.3. The zero-order chi connectivity index (χ0) is 25.1. The Balaban J connectivity index is 1.72. The highest BCUT2D eigenvalue weighted by Crippen LogP contribution is 2.54. The van der Waals surface area contributed by atoms with Gasteiger partial charge < -0.3 is 25.0 Å². The molecule has 0 aliphatic carbocycles. The third kappa shape index (κ3) is 4.69. The van der Waals surface area contributed by atoms with Gasteiger partial charge in [0.15, 0.2) is 5.75 Å². The van der Waals surface area contributed by atoms with E-state index < -0.39 is 5.37 Å². The molecular weight excluding hydrogens is 469 g/mol. The maximum Gasteiger partial charge on any atom is 0.259 e. The Bertz CT molecular complexity index is 1150. The number of aromatic hydroxyl groups is 1. The summed E-state index contributed by atoms with van der Waals surface area (Å²) in [7, 11) is 1.55. The number of thioether (sulfide) groups is 1. The SMILES string of the molecule is CCN(CC)C(=O)CCSC1c2c(OC)c3c(c(O)c2C(=O)N1Cc1ccc(F)cc1)NCC=C3. The summed E-state index contributed by atoms with van der Waals surface area (Å²) in [6.45, 7) is 5.95. The number of amides is 2. The van der Waals surface area contributed by atoms with Crippen molar-refractivity contribution in [1.29, 1.82) is 0 Å².